The smallest absolute Gasteiger partial charge is 0.323 e. The van der Waals surface area contributed by atoms with Gasteiger partial charge in [0.1, 0.15) is 10.9 Å². The highest BCUT2D eigenvalue weighted by atomic mass is 79.9. The number of amides is 3. The summed E-state index contributed by atoms with van der Waals surface area (Å²) in [7, 11) is 3.46. The molecule has 8 nitrogen and oxygen atoms in total. The maximum absolute atomic E-state index is 13.5. The van der Waals surface area contributed by atoms with Crippen LogP contribution in [-0.2, 0) is 19.2 Å². The van der Waals surface area contributed by atoms with E-state index in [-0.39, 0.29) is 22.2 Å². The van der Waals surface area contributed by atoms with E-state index in [1.165, 1.54) is 11.3 Å². The van der Waals surface area contributed by atoms with Crippen molar-refractivity contribution >= 4 is 91.0 Å². The first kappa shape index (κ1) is 28.5. The Hall–Kier alpha value is -3.58. The van der Waals surface area contributed by atoms with Gasteiger partial charge >= 0.3 is 5.97 Å². The van der Waals surface area contributed by atoms with Crippen LogP contribution in [0.2, 0.25) is 0 Å². The first-order valence-corrected chi connectivity index (χ1v) is 15.6. The third kappa shape index (κ3) is 4.81. The van der Waals surface area contributed by atoms with Crippen LogP contribution in [-0.4, -0.2) is 68.5 Å². The average Bonchev–Trinajstić information content (AvgIpc) is 3.67. The zero-order valence-electron chi connectivity index (χ0n) is 22.2. The second kappa shape index (κ2) is 10.9. The lowest BCUT2D eigenvalue weighted by molar-refractivity contribution is -0.140. The maximum Gasteiger partial charge on any atom is 0.323 e. The molecule has 3 aromatic rings. The summed E-state index contributed by atoms with van der Waals surface area (Å²) in [6.45, 7) is -0.462. The van der Waals surface area contributed by atoms with Crippen LogP contribution in [0.3, 0.4) is 0 Å². The zero-order chi connectivity index (χ0) is 29.9. The SMILES string of the molecule is CN1C(=O)C2C(=C1c1ccc(-c3ccc(/C=C4\SC(=S)N(CC(=O)O)C4=O)s3)cc1)C(=O)N(C)C2c1ccc(Br)cc1. The van der Waals surface area contributed by atoms with Crippen LogP contribution >= 0.6 is 51.2 Å². The van der Waals surface area contributed by atoms with Crippen molar-refractivity contribution < 1.29 is 24.3 Å². The van der Waals surface area contributed by atoms with Gasteiger partial charge in [0.2, 0.25) is 5.91 Å². The number of halogens is 1. The lowest BCUT2D eigenvalue weighted by Gasteiger charge is -2.26. The van der Waals surface area contributed by atoms with Crippen molar-refractivity contribution in [3.63, 3.8) is 0 Å². The fourth-order valence-electron chi connectivity index (χ4n) is 5.54. The Morgan fingerprint density at radius 2 is 1.64 bits per heavy atom. The van der Waals surface area contributed by atoms with Crippen LogP contribution in [0.15, 0.2) is 75.6 Å². The molecular weight excluding hydrogens is 658 g/mol. The van der Waals surface area contributed by atoms with Crippen LogP contribution in [0.1, 0.15) is 22.0 Å². The standard InChI is InChI=1S/C30H22BrN3O5S3/c1-32-25(23-24(29(32)39)26(33(2)28(23)38)17-7-9-18(31)10-8-17)16-5-3-15(4-6-16)20-12-11-19(41-20)13-21-27(37)34(14-22(35)36)30(40)42-21/h3-13,24,26H,14H2,1-2H3,(H,35,36)/b21-13-. The molecule has 0 bridgehead atoms. The van der Waals surface area contributed by atoms with Crippen molar-refractivity contribution in [1.29, 1.82) is 0 Å². The largest absolute Gasteiger partial charge is 0.480 e. The Kier molecular flexibility index (Phi) is 7.42. The molecule has 1 aromatic heterocycles. The minimum atomic E-state index is -1.12. The zero-order valence-corrected chi connectivity index (χ0v) is 26.3. The van der Waals surface area contributed by atoms with E-state index in [0.717, 1.165) is 47.6 Å². The number of carbonyl (C=O) groups excluding carboxylic acids is 3. The topological polar surface area (TPSA) is 98.2 Å². The first-order valence-electron chi connectivity index (χ1n) is 12.8. The number of fused-ring (bicyclic) bond motifs is 1. The molecular formula is C30H22BrN3O5S3. The van der Waals surface area contributed by atoms with Crippen molar-refractivity contribution in [2.45, 2.75) is 6.04 Å². The molecule has 3 amide bonds. The molecule has 2 atom stereocenters. The number of aliphatic carboxylic acids is 1. The van der Waals surface area contributed by atoms with Gasteiger partial charge in [-0.15, -0.1) is 11.3 Å². The van der Waals surface area contributed by atoms with Gasteiger partial charge in [0, 0.05) is 28.3 Å². The van der Waals surface area contributed by atoms with Crippen LogP contribution in [0.25, 0.3) is 22.2 Å². The number of benzene rings is 2. The predicted octanol–water partition coefficient (Wildman–Crippen LogP) is 5.48. The highest BCUT2D eigenvalue weighted by Crippen LogP contribution is 2.49. The molecule has 3 aliphatic rings. The third-order valence-electron chi connectivity index (χ3n) is 7.50. The van der Waals surface area contributed by atoms with E-state index in [1.54, 1.807) is 30.0 Å². The molecule has 3 aliphatic heterocycles. The number of hydrogen-bond acceptors (Lipinski definition) is 7. The van der Waals surface area contributed by atoms with E-state index in [0.29, 0.717) is 16.2 Å². The van der Waals surface area contributed by atoms with Crippen molar-refractivity contribution in [3.8, 4) is 10.4 Å². The Morgan fingerprint density at radius 1 is 0.976 bits per heavy atom. The predicted molar refractivity (Wildman–Crippen MR) is 170 cm³/mol. The van der Waals surface area contributed by atoms with Gasteiger partial charge < -0.3 is 14.9 Å². The van der Waals surface area contributed by atoms with Crippen LogP contribution in [0, 0.1) is 5.92 Å². The Labute approximate surface area is 263 Å². The molecule has 0 saturated carbocycles. The van der Waals surface area contributed by atoms with Crippen molar-refractivity contribution in [3.05, 3.63) is 91.6 Å². The fourth-order valence-corrected chi connectivity index (χ4v) is 8.08. The number of rotatable bonds is 6. The molecule has 212 valence electrons. The molecule has 2 aromatic carbocycles. The van der Waals surface area contributed by atoms with E-state index in [4.69, 9.17) is 17.3 Å². The van der Waals surface area contributed by atoms with Crippen LogP contribution in [0.5, 0.6) is 0 Å². The summed E-state index contributed by atoms with van der Waals surface area (Å²) in [6.07, 6.45) is 1.72. The van der Waals surface area contributed by atoms with E-state index in [1.807, 2.05) is 60.7 Å². The normalized spacial score (nSPS) is 21.4. The lowest BCUT2D eigenvalue weighted by Crippen LogP contribution is -2.33. The summed E-state index contributed by atoms with van der Waals surface area (Å²) in [5.41, 5.74) is 3.78. The first-order chi connectivity index (χ1) is 20.0. The van der Waals surface area contributed by atoms with Crippen LogP contribution in [0.4, 0.5) is 0 Å². The maximum atomic E-state index is 13.5. The molecule has 0 radical (unpaired) electrons. The molecule has 0 spiro atoms. The Morgan fingerprint density at radius 3 is 2.31 bits per heavy atom. The summed E-state index contributed by atoms with van der Waals surface area (Å²) in [6, 6.07) is 18.9. The minimum absolute atomic E-state index is 0.105. The number of likely N-dealkylation sites (N-methyl/N-ethyl adjacent to an activating group) is 1. The molecule has 6 rings (SSSR count). The molecule has 2 unspecified atom stereocenters. The van der Waals surface area contributed by atoms with E-state index >= 15 is 0 Å². The van der Waals surface area contributed by atoms with Gasteiger partial charge in [-0.05, 0) is 47.0 Å². The van der Waals surface area contributed by atoms with Crippen molar-refractivity contribution in [1.82, 2.24) is 14.7 Å². The second-order valence-electron chi connectivity index (χ2n) is 9.99. The molecule has 2 saturated heterocycles. The summed E-state index contributed by atoms with van der Waals surface area (Å²) in [4.78, 5) is 57.1. The molecule has 0 aliphatic carbocycles. The van der Waals surface area contributed by atoms with Crippen LogP contribution < -0.4 is 0 Å². The Balaban J connectivity index is 1.27. The minimum Gasteiger partial charge on any atom is -0.480 e. The van der Waals surface area contributed by atoms with Gasteiger partial charge in [-0.25, -0.2) is 0 Å². The van der Waals surface area contributed by atoms with Gasteiger partial charge in [0.25, 0.3) is 11.8 Å². The number of carbonyl (C=O) groups is 4. The molecule has 2 fully saturated rings. The highest BCUT2D eigenvalue weighted by Gasteiger charge is 2.54. The van der Waals surface area contributed by atoms with Gasteiger partial charge in [-0.2, -0.15) is 0 Å². The Bertz CT molecular complexity index is 1750. The van der Waals surface area contributed by atoms with E-state index < -0.39 is 24.3 Å². The number of thioether (sulfide) groups is 1. The van der Waals surface area contributed by atoms with Gasteiger partial charge in [-0.3, -0.25) is 24.1 Å². The number of nitrogens with zero attached hydrogens (tertiary/aromatic N) is 3. The van der Waals surface area contributed by atoms with Gasteiger partial charge in [-0.1, -0.05) is 76.3 Å². The van der Waals surface area contributed by atoms with Gasteiger partial charge in [0.15, 0.2) is 0 Å². The summed E-state index contributed by atoms with van der Waals surface area (Å²) < 4.78 is 1.15. The van der Waals surface area contributed by atoms with E-state index in [2.05, 4.69) is 15.9 Å². The monoisotopic (exact) mass is 679 g/mol. The molecule has 1 N–H and O–H groups in total. The second-order valence-corrected chi connectivity index (χ2v) is 13.7. The third-order valence-corrected chi connectivity index (χ3v) is 10.5. The number of carboxylic acid groups (broad SMARTS) is 1. The molecule has 42 heavy (non-hydrogen) atoms. The summed E-state index contributed by atoms with van der Waals surface area (Å²) >= 11 is 11.2. The number of thiophene rings is 1. The summed E-state index contributed by atoms with van der Waals surface area (Å²) in [5.74, 6) is -2.37. The van der Waals surface area contributed by atoms with E-state index in [9.17, 15) is 19.2 Å². The number of likely N-dealkylation sites (tertiary alicyclic amines) is 1. The highest BCUT2D eigenvalue weighted by molar-refractivity contribution is 9.10. The number of hydrogen-bond donors (Lipinski definition) is 1. The fraction of sp³-hybridized carbons (Fsp3) is 0.167. The lowest BCUT2D eigenvalue weighted by atomic mass is 9.90. The molecule has 12 heteroatoms. The van der Waals surface area contributed by atoms with Gasteiger partial charge in [0.05, 0.1) is 28.1 Å². The van der Waals surface area contributed by atoms with Crippen molar-refractivity contribution in [2.75, 3.05) is 20.6 Å². The number of carboxylic acids is 1. The molecule has 4 heterocycles. The summed E-state index contributed by atoms with van der Waals surface area (Å²) in [5, 5.41) is 9.05. The average molecular weight is 681 g/mol. The van der Waals surface area contributed by atoms with Crippen molar-refractivity contribution in [2.24, 2.45) is 5.92 Å². The quantitative estimate of drug-likeness (QED) is 0.272. The number of thiocarbonyl (C=S) groups is 1.